The molecule has 1 atom stereocenters. The van der Waals surface area contributed by atoms with Gasteiger partial charge >= 0.3 is 0 Å². The number of hydrogen-bond acceptors (Lipinski definition) is 7. The first-order chi connectivity index (χ1) is 9.54. The van der Waals surface area contributed by atoms with Crippen molar-refractivity contribution in [1.29, 1.82) is 0 Å². The minimum absolute atomic E-state index is 0.0237. The summed E-state index contributed by atoms with van der Waals surface area (Å²) in [6.45, 7) is 6.56. The van der Waals surface area contributed by atoms with Crippen molar-refractivity contribution in [3.8, 4) is 0 Å². The Kier molecular flexibility index (Phi) is 5.36. The molecule has 2 heterocycles. The van der Waals surface area contributed by atoms with Gasteiger partial charge in [0.25, 0.3) is 0 Å². The highest BCUT2D eigenvalue weighted by Gasteiger charge is 2.23. The molecule has 1 aromatic rings. The van der Waals surface area contributed by atoms with Gasteiger partial charge in [-0.2, -0.15) is 0 Å². The summed E-state index contributed by atoms with van der Waals surface area (Å²) in [5, 5.41) is 15.7. The highest BCUT2D eigenvalue weighted by atomic mass is 32.2. The lowest BCUT2D eigenvalue weighted by Crippen LogP contribution is -2.33. The van der Waals surface area contributed by atoms with E-state index < -0.39 is 0 Å². The summed E-state index contributed by atoms with van der Waals surface area (Å²) >= 11 is 2.90. The predicted molar refractivity (Wildman–Crippen MR) is 80.1 cm³/mol. The molecule has 0 saturated heterocycles. The molecule has 110 valence electrons. The second-order valence-corrected chi connectivity index (χ2v) is 7.25. The van der Waals surface area contributed by atoms with Crippen molar-refractivity contribution < 1.29 is 9.63 Å². The Bertz CT molecular complexity index is 501. The topological polar surface area (TPSA) is 76.5 Å². The zero-order valence-corrected chi connectivity index (χ0v) is 13.4. The van der Waals surface area contributed by atoms with Gasteiger partial charge in [0.05, 0.1) is 18.0 Å². The Hall–Kier alpha value is -1.15. The molecule has 8 heteroatoms. The van der Waals surface area contributed by atoms with Gasteiger partial charge in [0.1, 0.15) is 11.1 Å². The fraction of sp³-hybridized carbons (Fsp3) is 0.667. The van der Waals surface area contributed by atoms with Gasteiger partial charge in [-0.25, -0.2) is 0 Å². The van der Waals surface area contributed by atoms with Crippen LogP contribution in [0.2, 0.25) is 0 Å². The highest BCUT2D eigenvalue weighted by molar-refractivity contribution is 8.01. The predicted octanol–water partition coefficient (Wildman–Crippen LogP) is 1.86. The number of amides is 1. The van der Waals surface area contributed by atoms with Crippen LogP contribution in [0.15, 0.2) is 9.50 Å². The van der Waals surface area contributed by atoms with Crippen molar-refractivity contribution in [2.45, 2.75) is 37.6 Å². The SMILES string of the molecule is Cc1nnc(SCC(=O)NC[C@H]2CC(C(C)C)=NO2)s1. The number of nitrogens with one attached hydrogen (secondary N) is 1. The van der Waals surface area contributed by atoms with Gasteiger partial charge in [0, 0.05) is 6.42 Å². The van der Waals surface area contributed by atoms with Crippen LogP contribution in [-0.2, 0) is 9.63 Å². The van der Waals surface area contributed by atoms with Crippen molar-refractivity contribution in [1.82, 2.24) is 15.5 Å². The zero-order chi connectivity index (χ0) is 14.5. The van der Waals surface area contributed by atoms with Gasteiger partial charge in [-0.3, -0.25) is 4.79 Å². The molecule has 2 rings (SSSR count). The molecule has 0 spiro atoms. The number of thioether (sulfide) groups is 1. The Morgan fingerprint density at radius 2 is 2.35 bits per heavy atom. The molecule has 0 radical (unpaired) electrons. The maximum absolute atomic E-state index is 11.7. The molecule has 20 heavy (non-hydrogen) atoms. The summed E-state index contributed by atoms with van der Waals surface area (Å²) in [4.78, 5) is 17.0. The first-order valence-corrected chi connectivity index (χ1v) is 8.27. The van der Waals surface area contributed by atoms with E-state index in [0.717, 1.165) is 21.5 Å². The van der Waals surface area contributed by atoms with Gasteiger partial charge < -0.3 is 10.2 Å². The molecule has 0 unspecified atom stereocenters. The molecule has 0 bridgehead atoms. The lowest BCUT2D eigenvalue weighted by atomic mass is 10.0. The Balaban J connectivity index is 1.64. The van der Waals surface area contributed by atoms with Crippen LogP contribution in [0.3, 0.4) is 0 Å². The number of carbonyl (C=O) groups excluding carboxylic acids is 1. The number of rotatable bonds is 6. The number of oxime groups is 1. The number of hydrogen-bond donors (Lipinski definition) is 1. The molecule has 0 saturated carbocycles. The molecule has 6 nitrogen and oxygen atoms in total. The maximum atomic E-state index is 11.7. The largest absolute Gasteiger partial charge is 0.390 e. The number of carbonyl (C=O) groups is 1. The Labute approximate surface area is 126 Å². The standard InChI is InChI=1S/C12H18N4O2S2/c1-7(2)10-4-9(18-16-10)5-13-11(17)6-19-12-15-14-8(3)20-12/h7,9H,4-6H2,1-3H3,(H,13,17)/t9-/m1/s1. The van der Waals surface area contributed by atoms with Crippen molar-refractivity contribution in [3.05, 3.63) is 5.01 Å². The normalized spacial score (nSPS) is 18.0. The molecular formula is C12H18N4O2S2. The maximum Gasteiger partial charge on any atom is 0.230 e. The molecule has 1 aliphatic heterocycles. The first-order valence-electron chi connectivity index (χ1n) is 6.46. The first kappa shape index (κ1) is 15.2. The van der Waals surface area contributed by atoms with E-state index in [0.29, 0.717) is 18.2 Å². The minimum atomic E-state index is -0.0369. The van der Waals surface area contributed by atoms with Crippen LogP contribution in [0.4, 0.5) is 0 Å². The van der Waals surface area contributed by atoms with Crippen molar-refractivity contribution in [3.63, 3.8) is 0 Å². The van der Waals surface area contributed by atoms with Gasteiger partial charge in [0.15, 0.2) is 4.34 Å². The third-order valence-corrected chi connectivity index (χ3v) is 4.76. The Morgan fingerprint density at radius 1 is 1.55 bits per heavy atom. The monoisotopic (exact) mass is 314 g/mol. The number of aromatic nitrogens is 2. The second kappa shape index (κ2) is 7.03. The smallest absolute Gasteiger partial charge is 0.230 e. The average molecular weight is 314 g/mol. The summed E-state index contributed by atoms with van der Waals surface area (Å²) in [5.41, 5.74) is 1.06. The molecule has 1 amide bonds. The summed E-state index contributed by atoms with van der Waals surface area (Å²) in [7, 11) is 0. The van der Waals surface area contributed by atoms with E-state index in [1.54, 1.807) is 0 Å². The van der Waals surface area contributed by atoms with Gasteiger partial charge in [-0.05, 0) is 12.8 Å². The van der Waals surface area contributed by atoms with Crippen LogP contribution in [0, 0.1) is 12.8 Å². The van der Waals surface area contributed by atoms with E-state index in [1.165, 1.54) is 23.1 Å². The second-order valence-electron chi connectivity index (χ2n) is 4.85. The van der Waals surface area contributed by atoms with Gasteiger partial charge in [-0.1, -0.05) is 42.1 Å². The minimum Gasteiger partial charge on any atom is -0.390 e. The fourth-order valence-corrected chi connectivity index (χ4v) is 3.29. The van der Waals surface area contributed by atoms with Gasteiger partial charge in [0.2, 0.25) is 5.91 Å². The lowest BCUT2D eigenvalue weighted by molar-refractivity contribution is -0.119. The third-order valence-electron chi connectivity index (χ3n) is 2.78. The zero-order valence-electron chi connectivity index (χ0n) is 11.8. The van der Waals surface area contributed by atoms with E-state index in [2.05, 4.69) is 34.5 Å². The van der Waals surface area contributed by atoms with Crippen molar-refractivity contribution in [2.24, 2.45) is 11.1 Å². The van der Waals surface area contributed by atoms with Crippen molar-refractivity contribution >= 4 is 34.7 Å². The quantitative estimate of drug-likeness (QED) is 0.811. The van der Waals surface area contributed by atoms with Gasteiger partial charge in [-0.15, -0.1) is 10.2 Å². The van der Waals surface area contributed by atoms with Crippen LogP contribution < -0.4 is 5.32 Å². The molecule has 1 aliphatic rings. The van der Waals surface area contributed by atoms with E-state index in [4.69, 9.17) is 4.84 Å². The molecule has 1 N–H and O–H groups in total. The molecule has 0 aliphatic carbocycles. The number of aryl methyl sites for hydroxylation is 1. The summed E-state index contributed by atoms with van der Waals surface area (Å²) in [6, 6.07) is 0. The molecular weight excluding hydrogens is 296 g/mol. The molecule has 0 aromatic carbocycles. The van der Waals surface area contributed by atoms with Crippen LogP contribution in [0.5, 0.6) is 0 Å². The average Bonchev–Trinajstić information content (AvgIpc) is 3.03. The Morgan fingerprint density at radius 3 is 2.95 bits per heavy atom. The molecule has 0 fully saturated rings. The third kappa shape index (κ3) is 4.45. The fourth-order valence-electron chi connectivity index (χ4n) is 1.64. The van der Waals surface area contributed by atoms with Crippen LogP contribution in [0.25, 0.3) is 0 Å². The molecule has 1 aromatic heterocycles. The summed E-state index contributed by atoms with van der Waals surface area (Å²) in [6.07, 6.45) is 0.755. The summed E-state index contributed by atoms with van der Waals surface area (Å²) < 4.78 is 0.820. The van der Waals surface area contributed by atoms with E-state index in [-0.39, 0.29) is 12.0 Å². The lowest BCUT2D eigenvalue weighted by Gasteiger charge is -2.09. The van der Waals surface area contributed by atoms with Crippen LogP contribution >= 0.6 is 23.1 Å². The van der Waals surface area contributed by atoms with Crippen molar-refractivity contribution in [2.75, 3.05) is 12.3 Å². The number of nitrogens with zero attached hydrogens (tertiary/aromatic N) is 3. The van der Waals surface area contributed by atoms with E-state index in [1.807, 2.05) is 6.92 Å². The summed E-state index contributed by atoms with van der Waals surface area (Å²) in [5.74, 6) is 0.718. The van der Waals surface area contributed by atoms with E-state index >= 15 is 0 Å². The van der Waals surface area contributed by atoms with Crippen LogP contribution in [0.1, 0.15) is 25.3 Å². The van der Waals surface area contributed by atoms with Crippen LogP contribution in [-0.4, -0.2) is 40.2 Å². The van der Waals surface area contributed by atoms with E-state index in [9.17, 15) is 4.79 Å². The highest BCUT2D eigenvalue weighted by Crippen LogP contribution is 2.21.